The monoisotopic (exact) mass is 246 g/mol. The SMILES string of the molecule is Cc1nc(CNCc2cccc(C)c2C)cs1. The Bertz CT molecular complexity index is 503. The van der Waals surface area contributed by atoms with Crippen LogP contribution in [0.2, 0.25) is 0 Å². The Labute approximate surface area is 107 Å². The Kier molecular flexibility index (Phi) is 3.92. The molecule has 90 valence electrons. The minimum atomic E-state index is 0.845. The maximum Gasteiger partial charge on any atom is 0.0897 e. The molecule has 0 radical (unpaired) electrons. The molecule has 0 saturated carbocycles. The molecule has 0 unspecified atom stereocenters. The predicted molar refractivity (Wildman–Crippen MR) is 73.3 cm³/mol. The molecule has 2 aromatic rings. The highest BCUT2D eigenvalue weighted by atomic mass is 32.1. The topological polar surface area (TPSA) is 24.9 Å². The molecule has 1 N–H and O–H groups in total. The first-order valence-corrected chi connectivity index (χ1v) is 6.71. The fraction of sp³-hybridized carbons (Fsp3) is 0.357. The summed E-state index contributed by atoms with van der Waals surface area (Å²) >= 11 is 1.71. The molecule has 1 aromatic carbocycles. The van der Waals surface area contributed by atoms with Crippen LogP contribution < -0.4 is 5.32 Å². The minimum Gasteiger partial charge on any atom is -0.307 e. The van der Waals surface area contributed by atoms with Gasteiger partial charge in [0, 0.05) is 18.5 Å². The second-order valence-corrected chi connectivity index (χ2v) is 5.38. The number of nitrogens with one attached hydrogen (secondary N) is 1. The Balaban J connectivity index is 1.92. The number of aryl methyl sites for hydroxylation is 2. The van der Waals surface area contributed by atoms with Crippen LogP contribution in [0.4, 0.5) is 0 Å². The lowest BCUT2D eigenvalue weighted by molar-refractivity contribution is 0.679. The van der Waals surface area contributed by atoms with E-state index in [9.17, 15) is 0 Å². The van der Waals surface area contributed by atoms with Gasteiger partial charge in [0.1, 0.15) is 0 Å². The van der Waals surface area contributed by atoms with E-state index in [2.05, 4.69) is 47.7 Å². The third-order valence-electron chi connectivity index (χ3n) is 3.00. The molecule has 0 aliphatic carbocycles. The average Bonchev–Trinajstić information content (AvgIpc) is 2.70. The molecule has 0 aliphatic heterocycles. The van der Waals surface area contributed by atoms with Crippen LogP contribution in [0.5, 0.6) is 0 Å². The highest BCUT2D eigenvalue weighted by molar-refractivity contribution is 7.09. The van der Waals surface area contributed by atoms with Crippen LogP contribution in [0.25, 0.3) is 0 Å². The quantitative estimate of drug-likeness (QED) is 0.894. The molecule has 0 aliphatic rings. The molecule has 0 spiro atoms. The van der Waals surface area contributed by atoms with Gasteiger partial charge < -0.3 is 5.32 Å². The normalized spacial score (nSPS) is 10.8. The highest BCUT2D eigenvalue weighted by Gasteiger charge is 2.01. The summed E-state index contributed by atoms with van der Waals surface area (Å²) < 4.78 is 0. The lowest BCUT2D eigenvalue weighted by atomic mass is 10.0. The maximum absolute atomic E-state index is 4.44. The van der Waals surface area contributed by atoms with Crippen LogP contribution in [0.3, 0.4) is 0 Å². The van der Waals surface area contributed by atoms with Crippen molar-refractivity contribution >= 4 is 11.3 Å². The summed E-state index contributed by atoms with van der Waals surface area (Å²) in [6, 6.07) is 6.45. The third-order valence-corrected chi connectivity index (χ3v) is 3.83. The number of hydrogen-bond acceptors (Lipinski definition) is 3. The molecule has 0 fully saturated rings. The van der Waals surface area contributed by atoms with Crippen LogP contribution in [0.1, 0.15) is 27.4 Å². The Morgan fingerprint density at radius 2 is 2.00 bits per heavy atom. The van der Waals surface area contributed by atoms with Gasteiger partial charge in [-0.2, -0.15) is 0 Å². The first kappa shape index (κ1) is 12.3. The molecular formula is C14H18N2S. The van der Waals surface area contributed by atoms with Crippen LogP contribution in [-0.4, -0.2) is 4.98 Å². The Morgan fingerprint density at radius 1 is 1.18 bits per heavy atom. The molecule has 17 heavy (non-hydrogen) atoms. The van der Waals surface area contributed by atoms with Crippen molar-refractivity contribution in [3.63, 3.8) is 0 Å². The van der Waals surface area contributed by atoms with Gasteiger partial charge in [0.05, 0.1) is 10.7 Å². The van der Waals surface area contributed by atoms with Crippen LogP contribution in [0, 0.1) is 20.8 Å². The summed E-state index contributed by atoms with van der Waals surface area (Å²) in [5.74, 6) is 0. The van der Waals surface area contributed by atoms with Crippen LogP contribution in [-0.2, 0) is 13.1 Å². The minimum absolute atomic E-state index is 0.845. The summed E-state index contributed by atoms with van der Waals surface area (Å²) in [5.41, 5.74) is 5.25. The smallest absolute Gasteiger partial charge is 0.0897 e. The van der Waals surface area contributed by atoms with Crippen molar-refractivity contribution in [3.05, 3.63) is 51.0 Å². The van der Waals surface area contributed by atoms with Crippen molar-refractivity contribution in [1.29, 1.82) is 0 Å². The predicted octanol–water partition coefficient (Wildman–Crippen LogP) is 3.36. The number of benzene rings is 1. The zero-order valence-electron chi connectivity index (χ0n) is 10.6. The molecule has 0 saturated heterocycles. The van der Waals surface area contributed by atoms with Crippen molar-refractivity contribution in [2.24, 2.45) is 0 Å². The Hall–Kier alpha value is -1.19. The van der Waals surface area contributed by atoms with E-state index < -0.39 is 0 Å². The van der Waals surface area contributed by atoms with Gasteiger partial charge in [-0.1, -0.05) is 18.2 Å². The van der Waals surface area contributed by atoms with Crippen LogP contribution >= 0.6 is 11.3 Å². The van der Waals surface area contributed by atoms with E-state index in [1.165, 1.54) is 16.7 Å². The second kappa shape index (κ2) is 5.43. The molecule has 2 nitrogen and oxygen atoms in total. The lowest BCUT2D eigenvalue weighted by Crippen LogP contribution is -2.14. The zero-order chi connectivity index (χ0) is 12.3. The summed E-state index contributed by atoms with van der Waals surface area (Å²) in [7, 11) is 0. The number of nitrogens with zero attached hydrogens (tertiary/aromatic N) is 1. The maximum atomic E-state index is 4.44. The van der Waals surface area contributed by atoms with Crippen molar-refractivity contribution in [3.8, 4) is 0 Å². The summed E-state index contributed by atoms with van der Waals surface area (Å²) in [6.45, 7) is 8.13. The van der Waals surface area contributed by atoms with E-state index in [0.717, 1.165) is 23.8 Å². The first-order valence-electron chi connectivity index (χ1n) is 5.83. The van der Waals surface area contributed by atoms with Gasteiger partial charge >= 0.3 is 0 Å². The molecule has 1 heterocycles. The van der Waals surface area contributed by atoms with Crippen molar-refractivity contribution in [1.82, 2.24) is 10.3 Å². The summed E-state index contributed by atoms with van der Waals surface area (Å²) in [6.07, 6.45) is 0. The molecule has 0 amide bonds. The molecule has 3 heteroatoms. The average molecular weight is 246 g/mol. The van der Waals surface area contributed by atoms with Crippen molar-refractivity contribution in [2.45, 2.75) is 33.9 Å². The van der Waals surface area contributed by atoms with E-state index in [0.29, 0.717) is 0 Å². The fourth-order valence-corrected chi connectivity index (χ4v) is 2.43. The van der Waals surface area contributed by atoms with Gasteiger partial charge in [-0.05, 0) is 37.5 Å². The van der Waals surface area contributed by atoms with E-state index in [-0.39, 0.29) is 0 Å². The highest BCUT2D eigenvalue weighted by Crippen LogP contribution is 2.13. The largest absolute Gasteiger partial charge is 0.307 e. The third kappa shape index (κ3) is 3.14. The van der Waals surface area contributed by atoms with Gasteiger partial charge in [-0.3, -0.25) is 0 Å². The Morgan fingerprint density at radius 3 is 2.71 bits per heavy atom. The number of hydrogen-bond donors (Lipinski definition) is 1. The number of thiazole rings is 1. The molecule has 0 atom stereocenters. The molecular weight excluding hydrogens is 228 g/mol. The zero-order valence-corrected chi connectivity index (χ0v) is 11.4. The van der Waals surface area contributed by atoms with E-state index >= 15 is 0 Å². The van der Waals surface area contributed by atoms with Gasteiger partial charge in [-0.15, -0.1) is 11.3 Å². The summed E-state index contributed by atoms with van der Waals surface area (Å²) in [4.78, 5) is 4.44. The fourth-order valence-electron chi connectivity index (χ4n) is 1.82. The lowest BCUT2D eigenvalue weighted by Gasteiger charge is -2.09. The first-order chi connectivity index (χ1) is 8.16. The van der Waals surface area contributed by atoms with Gasteiger partial charge in [0.25, 0.3) is 0 Å². The summed E-state index contributed by atoms with van der Waals surface area (Å²) in [5, 5.41) is 6.69. The van der Waals surface area contributed by atoms with Crippen LogP contribution in [0.15, 0.2) is 23.6 Å². The molecule has 2 rings (SSSR count). The van der Waals surface area contributed by atoms with Crippen molar-refractivity contribution < 1.29 is 0 Å². The van der Waals surface area contributed by atoms with Gasteiger partial charge in [0.15, 0.2) is 0 Å². The van der Waals surface area contributed by atoms with E-state index in [4.69, 9.17) is 0 Å². The van der Waals surface area contributed by atoms with Gasteiger partial charge in [-0.25, -0.2) is 4.98 Å². The van der Waals surface area contributed by atoms with Gasteiger partial charge in [0.2, 0.25) is 0 Å². The second-order valence-electron chi connectivity index (χ2n) is 4.32. The number of aromatic nitrogens is 1. The van der Waals surface area contributed by atoms with Crippen molar-refractivity contribution in [2.75, 3.05) is 0 Å². The number of rotatable bonds is 4. The van der Waals surface area contributed by atoms with E-state index in [1.807, 2.05) is 6.92 Å². The van der Waals surface area contributed by atoms with E-state index in [1.54, 1.807) is 11.3 Å². The standard InChI is InChI=1S/C14H18N2S/c1-10-5-4-6-13(11(10)2)7-15-8-14-9-17-12(3)16-14/h4-6,9,15H,7-8H2,1-3H3. The molecule has 1 aromatic heterocycles. The molecule has 0 bridgehead atoms.